The van der Waals surface area contributed by atoms with Crippen molar-refractivity contribution in [1.82, 2.24) is 15.0 Å². The summed E-state index contributed by atoms with van der Waals surface area (Å²) < 4.78 is 5.94. The summed E-state index contributed by atoms with van der Waals surface area (Å²) in [5.74, 6) is 0. The molecule has 0 saturated carbocycles. The zero-order valence-electron chi connectivity index (χ0n) is 12.1. The number of fused-ring (bicyclic) bond motifs is 4. The third-order valence-electron chi connectivity index (χ3n) is 4.06. The van der Waals surface area contributed by atoms with Crippen molar-refractivity contribution >= 4 is 32.8 Å². The first kappa shape index (κ1) is 12.3. The van der Waals surface area contributed by atoms with E-state index in [0.717, 1.165) is 44.2 Å². The molecule has 0 aliphatic rings. The number of hydrogen-bond acceptors (Lipinski definition) is 4. The Hall–Kier alpha value is -3.27. The van der Waals surface area contributed by atoms with E-state index in [-0.39, 0.29) is 0 Å². The topological polar surface area (TPSA) is 51.8 Å². The third kappa shape index (κ3) is 1.75. The molecule has 23 heavy (non-hydrogen) atoms. The van der Waals surface area contributed by atoms with Crippen LogP contribution in [-0.4, -0.2) is 15.0 Å². The van der Waals surface area contributed by atoms with Crippen LogP contribution in [-0.2, 0) is 0 Å². The summed E-state index contributed by atoms with van der Waals surface area (Å²) in [5.41, 5.74) is 4.23. The van der Waals surface area contributed by atoms with Crippen LogP contribution in [0.1, 0.15) is 0 Å². The lowest BCUT2D eigenvalue weighted by Crippen LogP contribution is -1.91. The van der Waals surface area contributed by atoms with Gasteiger partial charge in [-0.05, 0) is 18.2 Å². The summed E-state index contributed by atoms with van der Waals surface area (Å²) in [7, 11) is 0. The first-order valence-corrected chi connectivity index (χ1v) is 7.38. The molecule has 0 amide bonds. The normalized spacial score (nSPS) is 11.5. The summed E-state index contributed by atoms with van der Waals surface area (Å²) in [5, 5.41) is 3.03. The van der Waals surface area contributed by atoms with Crippen LogP contribution in [0.3, 0.4) is 0 Å². The largest absolute Gasteiger partial charge is 0.456 e. The van der Waals surface area contributed by atoms with E-state index in [0.29, 0.717) is 0 Å². The van der Waals surface area contributed by atoms with Crippen LogP contribution in [0.25, 0.3) is 44.2 Å². The summed E-state index contributed by atoms with van der Waals surface area (Å²) in [6.07, 6.45) is 3.34. The fraction of sp³-hybridized carbons (Fsp3) is 0. The lowest BCUT2D eigenvalue weighted by molar-refractivity contribution is 0.668. The van der Waals surface area contributed by atoms with Gasteiger partial charge < -0.3 is 4.42 Å². The number of furan rings is 1. The molecule has 5 rings (SSSR count). The molecule has 0 aliphatic carbocycles. The molecule has 0 aliphatic heterocycles. The SMILES string of the molecule is c1ccc2c(-c3nccc4oc5ccccc5c34)ncnc2c1. The van der Waals surface area contributed by atoms with Gasteiger partial charge in [0.05, 0.1) is 10.9 Å². The Balaban J connectivity index is 1.96. The highest BCUT2D eigenvalue weighted by Crippen LogP contribution is 2.36. The van der Waals surface area contributed by atoms with E-state index in [9.17, 15) is 0 Å². The lowest BCUT2D eigenvalue weighted by atomic mass is 10.1. The summed E-state index contributed by atoms with van der Waals surface area (Å²) in [6.45, 7) is 0. The van der Waals surface area contributed by atoms with Crippen LogP contribution < -0.4 is 0 Å². The maximum Gasteiger partial charge on any atom is 0.139 e. The van der Waals surface area contributed by atoms with E-state index in [1.165, 1.54) is 0 Å². The zero-order valence-corrected chi connectivity index (χ0v) is 12.1. The minimum atomic E-state index is 0.818. The molecule has 3 aromatic heterocycles. The zero-order chi connectivity index (χ0) is 15.2. The average molecular weight is 297 g/mol. The Morgan fingerprint density at radius 3 is 2.43 bits per heavy atom. The second kappa shape index (κ2) is 4.61. The van der Waals surface area contributed by atoms with Crippen LogP contribution in [0.4, 0.5) is 0 Å². The van der Waals surface area contributed by atoms with Crippen LogP contribution in [0.15, 0.2) is 71.5 Å². The number of hydrogen-bond donors (Lipinski definition) is 0. The van der Waals surface area contributed by atoms with E-state index >= 15 is 0 Å². The van der Waals surface area contributed by atoms with Crippen molar-refractivity contribution in [2.24, 2.45) is 0 Å². The highest BCUT2D eigenvalue weighted by Gasteiger charge is 2.16. The van der Waals surface area contributed by atoms with E-state index < -0.39 is 0 Å². The predicted octanol–water partition coefficient (Wildman–Crippen LogP) is 4.59. The Morgan fingerprint density at radius 1 is 0.652 bits per heavy atom. The molecule has 0 atom stereocenters. The molecule has 4 nitrogen and oxygen atoms in total. The molecule has 0 radical (unpaired) electrons. The van der Waals surface area contributed by atoms with Crippen molar-refractivity contribution in [1.29, 1.82) is 0 Å². The average Bonchev–Trinajstić information content (AvgIpc) is 3.00. The van der Waals surface area contributed by atoms with Gasteiger partial charge in [-0.1, -0.05) is 36.4 Å². The highest BCUT2D eigenvalue weighted by atomic mass is 16.3. The maximum absolute atomic E-state index is 5.94. The number of para-hydroxylation sites is 2. The van der Waals surface area contributed by atoms with E-state index in [1.807, 2.05) is 48.5 Å². The third-order valence-corrected chi connectivity index (χ3v) is 4.06. The van der Waals surface area contributed by atoms with Crippen molar-refractivity contribution in [3.63, 3.8) is 0 Å². The molecule has 0 bridgehead atoms. The summed E-state index contributed by atoms with van der Waals surface area (Å²) >= 11 is 0. The Labute approximate surface area is 131 Å². The van der Waals surface area contributed by atoms with Crippen molar-refractivity contribution in [3.8, 4) is 11.4 Å². The van der Waals surface area contributed by atoms with Crippen LogP contribution >= 0.6 is 0 Å². The van der Waals surface area contributed by atoms with Gasteiger partial charge >= 0.3 is 0 Å². The van der Waals surface area contributed by atoms with Gasteiger partial charge in [-0.2, -0.15) is 0 Å². The van der Waals surface area contributed by atoms with E-state index in [2.05, 4.69) is 21.0 Å². The predicted molar refractivity (Wildman–Crippen MR) is 90.0 cm³/mol. The Morgan fingerprint density at radius 2 is 1.48 bits per heavy atom. The van der Waals surface area contributed by atoms with E-state index in [1.54, 1.807) is 12.5 Å². The molecule has 2 aromatic carbocycles. The molecule has 4 heteroatoms. The standard InChI is InChI=1S/C19H11N3O/c1-3-7-14-12(5-1)18(22-11-21-14)19-17-13-6-2-4-8-15(13)23-16(17)9-10-20-19/h1-11H. The van der Waals surface area contributed by atoms with Crippen LogP contribution in [0, 0.1) is 0 Å². The maximum atomic E-state index is 5.94. The van der Waals surface area contributed by atoms with Crippen molar-refractivity contribution in [3.05, 3.63) is 67.1 Å². The van der Waals surface area contributed by atoms with Crippen LogP contribution in [0.5, 0.6) is 0 Å². The monoisotopic (exact) mass is 297 g/mol. The smallest absolute Gasteiger partial charge is 0.139 e. The molecule has 3 heterocycles. The molecular formula is C19H11N3O. The van der Waals surface area contributed by atoms with Gasteiger partial charge in [0.25, 0.3) is 0 Å². The van der Waals surface area contributed by atoms with Gasteiger partial charge in [-0.3, -0.25) is 4.98 Å². The fourth-order valence-electron chi connectivity index (χ4n) is 3.04. The van der Waals surface area contributed by atoms with Gasteiger partial charge in [0.1, 0.15) is 28.9 Å². The van der Waals surface area contributed by atoms with Gasteiger partial charge in [0.15, 0.2) is 0 Å². The van der Waals surface area contributed by atoms with Gasteiger partial charge in [0.2, 0.25) is 0 Å². The van der Waals surface area contributed by atoms with Gasteiger partial charge in [0, 0.05) is 17.0 Å². The fourth-order valence-corrected chi connectivity index (χ4v) is 3.04. The molecule has 0 saturated heterocycles. The summed E-state index contributed by atoms with van der Waals surface area (Å²) in [4.78, 5) is 13.4. The van der Waals surface area contributed by atoms with Crippen molar-refractivity contribution in [2.45, 2.75) is 0 Å². The second-order valence-electron chi connectivity index (χ2n) is 5.37. The van der Waals surface area contributed by atoms with Crippen molar-refractivity contribution < 1.29 is 4.42 Å². The highest BCUT2D eigenvalue weighted by molar-refractivity contribution is 6.13. The number of aromatic nitrogens is 3. The van der Waals surface area contributed by atoms with Gasteiger partial charge in [-0.25, -0.2) is 9.97 Å². The molecule has 108 valence electrons. The minimum absolute atomic E-state index is 0.818. The van der Waals surface area contributed by atoms with Crippen molar-refractivity contribution in [2.75, 3.05) is 0 Å². The number of rotatable bonds is 1. The first-order valence-electron chi connectivity index (χ1n) is 7.38. The molecule has 0 fully saturated rings. The number of nitrogens with zero attached hydrogens (tertiary/aromatic N) is 3. The molecule has 0 spiro atoms. The second-order valence-corrected chi connectivity index (χ2v) is 5.37. The van der Waals surface area contributed by atoms with Crippen LogP contribution in [0.2, 0.25) is 0 Å². The molecular weight excluding hydrogens is 286 g/mol. The number of benzene rings is 2. The first-order chi connectivity index (χ1) is 11.4. The Bertz CT molecular complexity index is 1170. The minimum Gasteiger partial charge on any atom is -0.456 e. The Kier molecular flexibility index (Phi) is 2.46. The van der Waals surface area contributed by atoms with Gasteiger partial charge in [-0.15, -0.1) is 0 Å². The lowest BCUT2D eigenvalue weighted by Gasteiger charge is -2.05. The molecule has 0 unspecified atom stereocenters. The number of pyridine rings is 1. The van der Waals surface area contributed by atoms with E-state index in [4.69, 9.17) is 4.42 Å². The molecule has 0 N–H and O–H groups in total. The summed E-state index contributed by atoms with van der Waals surface area (Å²) in [6, 6.07) is 17.9. The molecule has 5 aromatic rings. The quantitative estimate of drug-likeness (QED) is 0.454.